The third-order valence-corrected chi connectivity index (χ3v) is 4.81. The van der Waals surface area contributed by atoms with Crippen LogP contribution in [0.3, 0.4) is 0 Å². The van der Waals surface area contributed by atoms with Gasteiger partial charge >= 0.3 is 11.9 Å². The highest BCUT2D eigenvalue weighted by molar-refractivity contribution is 5.75. The molecule has 9 nitrogen and oxygen atoms in total. The molecule has 2 heterocycles. The fourth-order valence-corrected chi connectivity index (χ4v) is 3.10. The summed E-state index contributed by atoms with van der Waals surface area (Å²) >= 11 is 0. The number of carbonyl (C=O) groups is 2. The normalized spacial score (nSPS) is 35.6. The van der Waals surface area contributed by atoms with Crippen LogP contribution < -0.4 is 0 Å². The highest BCUT2D eigenvalue weighted by Gasteiger charge is 2.55. The van der Waals surface area contributed by atoms with Crippen molar-refractivity contribution in [2.24, 2.45) is 5.41 Å². The Bertz CT molecular complexity index is 582. The molecule has 2 rings (SSSR count). The van der Waals surface area contributed by atoms with Gasteiger partial charge in [0.25, 0.3) is 0 Å². The average Bonchev–Trinajstić information content (AvgIpc) is 2.95. The Morgan fingerprint density at radius 3 is 2.18 bits per heavy atom. The SMILES string of the molecule is COC(=O)C/C=C/C[C@@H]1O[C@H]2[C@@H](O)[C@@H](COC(=O)C(C)(C)C)O[C@H]2[C@@H](O)[C@H]1O. The summed E-state index contributed by atoms with van der Waals surface area (Å²) in [5.41, 5.74) is -0.690. The molecular weight excluding hydrogens is 372 g/mol. The molecule has 0 aromatic rings. The molecule has 0 saturated carbocycles. The number of aliphatic hydroxyl groups is 3. The van der Waals surface area contributed by atoms with Gasteiger partial charge in [-0.15, -0.1) is 0 Å². The lowest BCUT2D eigenvalue weighted by Crippen LogP contribution is -2.57. The maximum absolute atomic E-state index is 11.9. The minimum atomic E-state index is -1.27. The molecule has 0 aliphatic carbocycles. The maximum atomic E-state index is 11.9. The molecule has 160 valence electrons. The van der Waals surface area contributed by atoms with Crippen LogP contribution in [-0.4, -0.2) is 83.7 Å². The Morgan fingerprint density at radius 2 is 1.57 bits per heavy atom. The first-order valence-electron chi connectivity index (χ1n) is 9.30. The molecule has 3 N–H and O–H groups in total. The van der Waals surface area contributed by atoms with E-state index in [0.29, 0.717) is 0 Å². The summed E-state index contributed by atoms with van der Waals surface area (Å²) in [4.78, 5) is 23.0. The number of ether oxygens (including phenoxy) is 4. The predicted octanol–water partition coefficient (Wildman–Crippen LogP) is -0.297. The van der Waals surface area contributed by atoms with E-state index in [2.05, 4.69) is 4.74 Å². The number of hydrogen-bond donors (Lipinski definition) is 3. The van der Waals surface area contributed by atoms with E-state index in [1.54, 1.807) is 32.9 Å². The van der Waals surface area contributed by atoms with E-state index in [4.69, 9.17) is 14.2 Å². The number of esters is 2. The third kappa shape index (κ3) is 5.30. The fraction of sp³-hybridized carbons (Fsp3) is 0.789. The van der Waals surface area contributed by atoms with Crippen LogP contribution in [0.2, 0.25) is 0 Å². The van der Waals surface area contributed by atoms with Gasteiger partial charge in [-0.1, -0.05) is 12.2 Å². The monoisotopic (exact) mass is 402 g/mol. The number of rotatable bonds is 6. The largest absolute Gasteiger partial charge is 0.469 e. The molecular formula is C19H30O9. The van der Waals surface area contributed by atoms with Crippen molar-refractivity contribution in [2.45, 2.75) is 76.3 Å². The number of methoxy groups -OCH3 is 1. The quantitative estimate of drug-likeness (QED) is 0.405. The lowest BCUT2D eigenvalue weighted by Gasteiger charge is -2.39. The molecule has 2 fully saturated rings. The topological polar surface area (TPSA) is 132 Å². The molecule has 0 amide bonds. The summed E-state index contributed by atoms with van der Waals surface area (Å²) in [6.45, 7) is 4.95. The van der Waals surface area contributed by atoms with Gasteiger partial charge in [-0.05, 0) is 27.2 Å². The van der Waals surface area contributed by atoms with Crippen LogP contribution in [0.1, 0.15) is 33.6 Å². The Hall–Kier alpha value is -1.52. The molecule has 0 aromatic heterocycles. The second-order valence-corrected chi connectivity index (χ2v) is 8.09. The van der Waals surface area contributed by atoms with E-state index in [-0.39, 0.29) is 19.4 Å². The standard InChI is InChI=1S/C19H30O9/c1-19(2,3)18(24)26-9-11-14(22)16-17(28-11)15(23)13(21)10(27-16)7-5-6-8-12(20)25-4/h5-6,10-11,13-17,21-23H,7-9H2,1-4H3/b6-5+/t10-,11+,13-,14-,15-,16-,17-/m0/s1. The second kappa shape index (κ2) is 9.32. The van der Waals surface area contributed by atoms with Crippen LogP contribution in [0, 0.1) is 5.41 Å². The fourth-order valence-electron chi connectivity index (χ4n) is 3.10. The molecule has 9 heteroatoms. The highest BCUT2D eigenvalue weighted by Crippen LogP contribution is 2.35. The van der Waals surface area contributed by atoms with Crippen molar-refractivity contribution >= 4 is 11.9 Å². The van der Waals surface area contributed by atoms with Gasteiger partial charge in [0.05, 0.1) is 25.0 Å². The summed E-state index contributed by atoms with van der Waals surface area (Å²) in [5, 5.41) is 31.1. The zero-order valence-corrected chi connectivity index (χ0v) is 16.6. The van der Waals surface area contributed by atoms with E-state index in [9.17, 15) is 24.9 Å². The third-order valence-electron chi connectivity index (χ3n) is 4.81. The molecule has 0 aromatic carbocycles. The molecule has 28 heavy (non-hydrogen) atoms. The number of fused-ring (bicyclic) bond motifs is 1. The van der Waals surface area contributed by atoms with Gasteiger partial charge in [0.1, 0.15) is 43.2 Å². The van der Waals surface area contributed by atoms with Crippen LogP contribution in [0.15, 0.2) is 12.2 Å². The molecule has 2 aliphatic rings. The van der Waals surface area contributed by atoms with E-state index in [1.165, 1.54) is 7.11 Å². The molecule has 2 saturated heterocycles. The van der Waals surface area contributed by atoms with Crippen molar-refractivity contribution in [3.8, 4) is 0 Å². The second-order valence-electron chi connectivity index (χ2n) is 8.09. The molecule has 0 bridgehead atoms. The van der Waals surface area contributed by atoms with Gasteiger partial charge in [-0.3, -0.25) is 9.59 Å². The number of hydrogen-bond acceptors (Lipinski definition) is 9. The summed E-state index contributed by atoms with van der Waals surface area (Å²) < 4.78 is 21.1. The smallest absolute Gasteiger partial charge is 0.311 e. The minimum absolute atomic E-state index is 0.0842. The van der Waals surface area contributed by atoms with E-state index in [1.807, 2.05) is 0 Å². The molecule has 0 spiro atoms. The van der Waals surface area contributed by atoms with Gasteiger partial charge in [0.15, 0.2) is 0 Å². The van der Waals surface area contributed by atoms with Crippen LogP contribution in [0.25, 0.3) is 0 Å². The van der Waals surface area contributed by atoms with Crippen LogP contribution in [0.4, 0.5) is 0 Å². The zero-order valence-electron chi connectivity index (χ0n) is 16.6. The first kappa shape index (κ1) is 22.8. The summed E-state index contributed by atoms with van der Waals surface area (Å²) in [5.74, 6) is -0.831. The molecule has 0 radical (unpaired) electrons. The molecule has 7 atom stereocenters. The number of aliphatic hydroxyl groups excluding tert-OH is 3. The Morgan fingerprint density at radius 1 is 0.964 bits per heavy atom. The van der Waals surface area contributed by atoms with Gasteiger partial charge in [0, 0.05) is 0 Å². The van der Waals surface area contributed by atoms with Crippen molar-refractivity contribution in [3.63, 3.8) is 0 Å². The lowest BCUT2D eigenvalue weighted by molar-refractivity contribution is -0.216. The number of carbonyl (C=O) groups excluding carboxylic acids is 2. The van der Waals surface area contributed by atoms with Crippen LogP contribution in [0.5, 0.6) is 0 Å². The molecule has 2 aliphatic heterocycles. The first-order chi connectivity index (χ1) is 13.1. The van der Waals surface area contributed by atoms with Gasteiger partial charge in [-0.2, -0.15) is 0 Å². The van der Waals surface area contributed by atoms with Crippen molar-refractivity contribution in [1.29, 1.82) is 0 Å². The lowest BCUT2D eigenvalue weighted by atomic mass is 9.92. The van der Waals surface area contributed by atoms with Crippen molar-refractivity contribution in [2.75, 3.05) is 13.7 Å². The highest BCUT2D eigenvalue weighted by atomic mass is 16.6. The van der Waals surface area contributed by atoms with Crippen molar-refractivity contribution in [1.82, 2.24) is 0 Å². The van der Waals surface area contributed by atoms with E-state index < -0.39 is 60.1 Å². The Kier molecular flexibility index (Phi) is 7.58. The maximum Gasteiger partial charge on any atom is 0.311 e. The summed E-state index contributed by atoms with van der Waals surface area (Å²) in [7, 11) is 1.29. The predicted molar refractivity (Wildman–Crippen MR) is 96.1 cm³/mol. The van der Waals surface area contributed by atoms with Crippen LogP contribution >= 0.6 is 0 Å². The van der Waals surface area contributed by atoms with Crippen molar-refractivity contribution in [3.05, 3.63) is 12.2 Å². The Labute approximate surface area is 164 Å². The zero-order chi connectivity index (χ0) is 21.1. The summed E-state index contributed by atoms with van der Waals surface area (Å²) in [6, 6.07) is 0. The van der Waals surface area contributed by atoms with Gasteiger partial charge < -0.3 is 34.3 Å². The summed E-state index contributed by atoms with van der Waals surface area (Å²) in [6.07, 6.45) is -3.52. The Balaban J connectivity index is 1.94. The van der Waals surface area contributed by atoms with E-state index in [0.717, 1.165) is 0 Å². The van der Waals surface area contributed by atoms with Crippen molar-refractivity contribution < 1.29 is 43.9 Å². The average molecular weight is 402 g/mol. The molecule has 0 unspecified atom stereocenters. The van der Waals surface area contributed by atoms with Crippen LogP contribution in [-0.2, 0) is 28.5 Å². The van der Waals surface area contributed by atoms with E-state index >= 15 is 0 Å². The first-order valence-corrected chi connectivity index (χ1v) is 9.30. The van der Waals surface area contributed by atoms with Gasteiger partial charge in [0.2, 0.25) is 0 Å². The van der Waals surface area contributed by atoms with Gasteiger partial charge in [-0.25, -0.2) is 0 Å². The minimum Gasteiger partial charge on any atom is -0.469 e.